The Kier molecular flexibility index (Phi) is 4.17. The summed E-state index contributed by atoms with van der Waals surface area (Å²) in [4.78, 5) is 2.28. The van der Waals surface area contributed by atoms with Crippen molar-refractivity contribution in [1.29, 1.82) is 0 Å². The summed E-state index contributed by atoms with van der Waals surface area (Å²) < 4.78 is 0. The van der Waals surface area contributed by atoms with Crippen molar-refractivity contribution < 1.29 is 0 Å². The van der Waals surface area contributed by atoms with E-state index in [0.29, 0.717) is 5.82 Å². The average molecular weight is 360 g/mol. The second kappa shape index (κ2) is 6.50. The van der Waals surface area contributed by atoms with Crippen LogP contribution in [0.3, 0.4) is 0 Å². The Morgan fingerprint density at radius 3 is 1.85 bits per heavy atom. The molecule has 0 aliphatic heterocycles. The Bertz CT molecular complexity index is 968. The Labute approximate surface area is 156 Å². The van der Waals surface area contributed by atoms with Gasteiger partial charge in [-0.15, -0.1) is 16.4 Å². The summed E-state index contributed by atoms with van der Waals surface area (Å²) in [5, 5.41) is 14.4. The van der Waals surface area contributed by atoms with E-state index < -0.39 is 0 Å². The first-order valence-electron chi connectivity index (χ1n) is 8.55. The van der Waals surface area contributed by atoms with Crippen molar-refractivity contribution in [2.24, 2.45) is 0 Å². The third-order valence-corrected chi connectivity index (χ3v) is 5.52. The molecular weight excluding hydrogens is 340 g/mol. The van der Waals surface area contributed by atoms with Crippen LogP contribution >= 0.6 is 11.3 Å². The number of aryl methyl sites for hydroxylation is 4. The van der Waals surface area contributed by atoms with Crippen LogP contribution in [0.1, 0.15) is 22.3 Å². The molecule has 1 N–H and O–H groups in total. The Morgan fingerprint density at radius 1 is 0.731 bits per heavy atom. The molecule has 4 aromatic rings. The Balaban J connectivity index is 1.96. The van der Waals surface area contributed by atoms with Crippen LogP contribution in [0.2, 0.25) is 0 Å². The van der Waals surface area contributed by atoms with Gasteiger partial charge in [-0.25, -0.2) is 5.10 Å². The number of thiophene rings is 1. The van der Waals surface area contributed by atoms with Gasteiger partial charge in [-0.1, -0.05) is 58.7 Å². The lowest BCUT2D eigenvalue weighted by atomic mass is 9.97. The third-order valence-electron chi connectivity index (χ3n) is 4.33. The molecule has 4 nitrogen and oxygen atoms in total. The van der Waals surface area contributed by atoms with E-state index in [1.54, 1.807) is 11.3 Å². The normalized spacial score (nSPS) is 11.1. The molecule has 0 spiro atoms. The van der Waals surface area contributed by atoms with E-state index in [2.05, 4.69) is 90.8 Å². The van der Waals surface area contributed by atoms with Crippen molar-refractivity contribution in [3.63, 3.8) is 0 Å². The number of H-pyrrole nitrogens is 1. The molecule has 0 saturated heterocycles. The van der Waals surface area contributed by atoms with Crippen molar-refractivity contribution in [2.45, 2.75) is 27.7 Å². The maximum atomic E-state index is 4.09. The van der Waals surface area contributed by atoms with E-state index in [0.717, 1.165) is 4.88 Å². The summed E-state index contributed by atoms with van der Waals surface area (Å²) in [6, 6.07) is 15.6. The zero-order chi connectivity index (χ0) is 18.3. The van der Waals surface area contributed by atoms with Crippen LogP contribution in [0.4, 0.5) is 0 Å². The molecule has 0 saturated carbocycles. The first-order chi connectivity index (χ1) is 12.5. The van der Waals surface area contributed by atoms with E-state index in [4.69, 9.17) is 0 Å². The summed E-state index contributed by atoms with van der Waals surface area (Å²) in [5.41, 5.74) is 8.75. The molecule has 2 aromatic heterocycles. The number of hydrogen-bond acceptors (Lipinski definition) is 4. The highest BCUT2D eigenvalue weighted by molar-refractivity contribution is 7.19. The molecule has 0 bridgehead atoms. The molecule has 26 heavy (non-hydrogen) atoms. The molecule has 0 unspecified atom stereocenters. The molecule has 0 aliphatic carbocycles. The molecule has 0 radical (unpaired) electrons. The first kappa shape index (κ1) is 16.7. The van der Waals surface area contributed by atoms with Crippen LogP contribution in [-0.2, 0) is 0 Å². The molecule has 0 aliphatic rings. The summed E-state index contributed by atoms with van der Waals surface area (Å²) in [7, 11) is 0. The Hall–Kier alpha value is -2.79. The van der Waals surface area contributed by atoms with Gasteiger partial charge in [-0.2, -0.15) is 0 Å². The fourth-order valence-electron chi connectivity index (χ4n) is 3.44. The van der Waals surface area contributed by atoms with Gasteiger partial charge >= 0.3 is 0 Å². The fraction of sp³-hybridized carbons (Fsp3) is 0.190. The van der Waals surface area contributed by atoms with Crippen molar-refractivity contribution in [2.75, 3.05) is 0 Å². The van der Waals surface area contributed by atoms with Crippen LogP contribution in [-0.4, -0.2) is 20.6 Å². The predicted octanol–water partition coefficient (Wildman–Crippen LogP) is 5.50. The smallest absolute Gasteiger partial charge is 0.189 e. The average Bonchev–Trinajstić information content (AvgIpc) is 3.22. The van der Waals surface area contributed by atoms with Crippen LogP contribution < -0.4 is 0 Å². The lowest BCUT2D eigenvalue weighted by Gasteiger charge is -2.09. The van der Waals surface area contributed by atoms with Crippen LogP contribution in [0.5, 0.6) is 0 Å². The van der Waals surface area contributed by atoms with Gasteiger partial charge < -0.3 is 0 Å². The van der Waals surface area contributed by atoms with E-state index in [1.807, 2.05) is 0 Å². The van der Waals surface area contributed by atoms with Gasteiger partial charge in [0, 0.05) is 10.4 Å². The second-order valence-corrected chi connectivity index (χ2v) is 7.91. The largest absolute Gasteiger partial charge is 0.238 e. The summed E-state index contributed by atoms with van der Waals surface area (Å²) in [6.07, 6.45) is 0. The number of benzene rings is 2. The highest BCUT2D eigenvalue weighted by atomic mass is 32.1. The topological polar surface area (TPSA) is 54.5 Å². The number of tetrazole rings is 1. The molecule has 130 valence electrons. The minimum atomic E-state index is 0.705. The molecule has 5 heteroatoms. The summed E-state index contributed by atoms with van der Waals surface area (Å²) in [5.74, 6) is 0.705. The zero-order valence-corrected chi connectivity index (χ0v) is 16.1. The number of aromatic amines is 1. The van der Waals surface area contributed by atoms with Crippen molar-refractivity contribution in [3.05, 3.63) is 64.7 Å². The minimum absolute atomic E-state index is 0.705. The minimum Gasteiger partial charge on any atom is -0.238 e. The monoisotopic (exact) mass is 360 g/mol. The number of nitrogens with one attached hydrogen (secondary N) is 1. The lowest BCUT2D eigenvalue weighted by molar-refractivity contribution is 0.881. The number of rotatable bonds is 3. The lowest BCUT2D eigenvalue weighted by Crippen LogP contribution is -1.85. The van der Waals surface area contributed by atoms with Gasteiger partial charge in [0.1, 0.15) is 0 Å². The summed E-state index contributed by atoms with van der Waals surface area (Å²) in [6.45, 7) is 8.56. The molecule has 0 fully saturated rings. The molecule has 0 amide bonds. The van der Waals surface area contributed by atoms with E-state index >= 15 is 0 Å². The van der Waals surface area contributed by atoms with Gasteiger partial charge in [-0.3, -0.25) is 0 Å². The van der Waals surface area contributed by atoms with E-state index in [9.17, 15) is 0 Å². The van der Waals surface area contributed by atoms with Gasteiger partial charge in [0.15, 0.2) is 5.82 Å². The van der Waals surface area contributed by atoms with E-state index in [-0.39, 0.29) is 0 Å². The van der Waals surface area contributed by atoms with Crippen molar-refractivity contribution in [3.8, 4) is 32.3 Å². The van der Waals surface area contributed by atoms with Gasteiger partial charge in [0.05, 0.1) is 4.88 Å². The van der Waals surface area contributed by atoms with Crippen LogP contribution in [0, 0.1) is 27.7 Å². The van der Waals surface area contributed by atoms with Gasteiger partial charge in [-0.05, 0) is 55.3 Å². The standard InChI is InChI=1S/C21H20N4S/c1-12-5-13(2)8-16(7-12)18-11-19(21-22-24-25-23-21)26-20(18)17-9-14(3)6-15(4)10-17/h5-11H,1-4H3,(H,22,23,24,25). The van der Waals surface area contributed by atoms with E-state index in [1.165, 1.54) is 43.8 Å². The van der Waals surface area contributed by atoms with Crippen LogP contribution in [0.15, 0.2) is 42.5 Å². The fourth-order valence-corrected chi connectivity index (χ4v) is 4.54. The van der Waals surface area contributed by atoms with Crippen LogP contribution in [0.25, 0.3) is 32.3 Å². The quantitative estimate of drug-likeness (QED) is 0.525. The third kappa shape index (κ3) is 3.18. The van der Waals surface area contributed by atoms with Crippen molar-refractivity contribution >= 4 is 11.3 Å². The molecule has 2 heterocycles. The highest BCUT2D eigenvalue weighted by Gasteiger charge is 2.17. The van der Waals surface area contributed by atoms with Gasteiger partial charge in [0.25, 0.3) is 0 Å². The molecule has 2 aromatic carbocycles. The predicted molar refractivity (Wildman–Crippen MR) is 107 cm³/mol. The molecular formula is C21H20N4S. The second-order valence-electron chi connectivity index (χ2n) is 6.86. The van der Waals surface area contributed by atoms with Crippen molar-refractivity contribution in [1.82, 2.24) is 20.6 Å². The zero-order valence-electron chi connectivity index (χ0n) is 15.3. The highest BCUT2D eigenvalue weighted by Crippen LogP contribution is 2.43. The number of hydrogen-bond donors (Lipinski definition) is 1. The summed E-state index contributed by atoms with van der Waals surface area (Å²) >= 11 is 1.72. The first-order valence-corrected chi connectivity index (χ1v) is 9.36. The Morgan fingerprint density at radius 2 is 1.31 bits per heavy atom. The maximum Gasteiger partial charge on any atom is 0.189 e. The number of aromatic nitrogens is 4. The number of nitrogens with zero attached hydrogens (tertiary/aromatic N) is 3. The SMILES string of the molecule is Cc1cc(C)cc(-c2cc(-c3nnn[nH]3)sc2-c2cc(C)cc(C)c2)c1. The maximum absolute atomic E-state index is 4.09. The molecule has 0 atom stereocenters. The molecule has 4 rings (SSSR count). The van der Waals surface area contributed by atoms with Gasteiger partial charge in [0.2, 0.25) is 0 Å².